The van der Waals surface area contributed by atoms with E-state index in [4.69, 9.17) is 4.42 Å². The molecule has 1 aliphatic carbocycles. The molecule has 48 heavy (non-hydrogen) atoms. The van der Waals surface area contributed by atoms with E-state index < -0.39 is 0 Å². The summed E-state index contributed by atoms with van der Waals surface area (Å²) in [4.78, 5) is 2.39. The molecule has 0 fully saturated rings. The van der Waals surface area contributed by atoms with Gasteiger partial charge in [-0.15, -0.1) is 0 Å². The lowest BCUT2D eigenvalue weighted by molar-refractivity contribution is 0.669. The Bertz CT molecular complexity index is 2640. The van der Waals surface area contributed by atoms with Crippen LogP contribution in [-0.2, 0) is 0 Å². The van der Waals surface area contributed by atoms with E-state index in [2.05, 4.69) is 169 Å². The summed E-state index contributed by atoms with van der Waals surface area (Å²) in [5.41, 5.74) is 15.1. The second-order valence-corrected chi connectivity index (χ2v) is 12.4. The Labute approximate surface area is 278 Å². The van der Waals surface area contributed by atoms with Crippen molar-refractivity contribution in [2.45, 2.75) is 0 Å². The monoisotopic (exact) mass is 611 g/mol. The molecule has 0 spiro atoms. The molecule has 1 aliphatic rings. The van der Waals surface area contributed by atoms with Crippen molar-refractivity contribution in [3.8, 4) is 44.5 Å². The number of fused-ring (bicyclic) bond motifs is 6. The normalized spacial score (nSPS) is 11.8. The highest BCUT2D eigenvalue weighted by Gasteiger charge is 2.24. The van der Waals surface area contributed by atoms with Gasteiger partial charge in [0.2, 0.25) is 0 Å². The van der Waals surface area contributed by atoms with E-state index in [-0.39, 0.29) is 0 Å². The van der Waals surface area contributed by atoms with Crippen LogP contribution in [0.25, 0.3) is 77.2 Å². The van der Waals surface area contributed by atoms with Crippen LogP contribution in [0.3, 0.4) is 0 Å². The first-order valence-corrected chi connectivity index (χ1v) is 16.4. The minimum absolute atomic E-state index is 0.876. The molecule has 224 valence electrons. The smallest absolute Gasteiger partial charge is 0.137 e. The number of anilines is 3. The van der Waals surface area contributed by atoms with E-state index >= 15 is 0 Å². The Balaban J connectivity index is 1.17. The molecule has 2 heteroatoms. The molecule has 8 aromatic carbocycles. The van der Waals surface area contributed by atoms with Crippen LogP contribution in [0.5, 0.6) is 0 Å². The maximum absolute atomic E-state index is 6.37. The van der Waals surface area contributed by atoms with Gasteiger partial charge in [0.25, 0.3) is 0 Å². The zero-order valence-electron chi connectivity index (χ0n) is 26.1. The third kappa shape index (κ3) is 4.00. The molecule has 0 unspecified atom stereocenters. The Morgan fingerprint density at radius 2 is 0.875 bits per heavy atom. The van der Waals surface area contributed by atoms with Crippen LogP contribution in [0.2, 0.25) is 0 Å². The first kappa shape index (κ1) is 26.8. The number of nitrogens with zero attached hydrogens (tertiary/aromatic N) is 1. The molecule has 0 N–H and O–H groups in total. The summed E-state index contributed by atoms with van der Waals surface area (Å²) in [6.45, 7) is 0. The molecule has 0 aliphatic heterocycles. The van der Waals surface area contributed by atoms with E-state index in [1.165, 1.54) is 55.3 Å². The van der Waals surface area contributed by atoms with Gasteiger partial charge >= 0.3 is 0 Å². The summed E-state index contributed by atoms with van der Waals surface area (Å²) < 4.78 is 6.37. The van der Waals surface area contributed by atoms with Crippen LogP contribution in [0.1, 0.15) is 0 Å². The number of para-hydroxylation sites is 2. The summed E-state index contributed by atoms with van der Waals surface area (Å²) in [6.07, 6.45) is 0. The van der Waals surface area contributed by atoms with Crippen LogP contribution in [0, 0.1) is 0 Å². The molecule has 0 radical (unpaired) electrons. The van der Waals surface area contributed by atoms with Crippen molar-refractivity contribution in [2.24, 2.45) is 0 Å². The number of rotatable bonds is 5. The lowest BCUT2D eigenvalue weighted by Crippen LogP contribution is -2.11. The van der Waals surface area contributed by atoms with E-state index in [0.717, 1.165) is 39.0 Å². The van der Waals surface area contributed by atoms with Crippen molar-refractivity contribution in [3.63, 3.8) is 0 Å². The van der Waals surface area contributed by atoms with Crippen molar-refractivity contribution in [3.05, 3.63) is 176 Å². The van der Waals surface area contributed by atoms with Crippen molar-refractivity contribution < 1.29 is 4.42 Å². The van der Waals surface area contributed by atoms with Crippen LogP contribution < -0.4 is 4.90 Å². The minimum atomic E-state index is 0.876. The predicted octanol–water partition coefficient (Wildman–Crippen LogP) is 13.2. The first-order chi connectivity index (χ1) is 23.8. The van der Waals surface area contributed by atoms with Crippen molar-refractivity contribution in [1.82, 2.24) is 0 Å². The summed E-state index contributed by atoms with van der Waals surface area (Å²) in [5, 5.41) is 4.84. The number of benzene rings is 8. The maximum atomic E-state index is 6.37. The quantitative estimate of drug-likeness (QED) is 0.192. The van der Waals surface area contributed by atoms with Crippen LogP contribution in [-0.4, -0.2) is 0 Å². The second-order valence-electron chi connectivity index (χ2n) is 12.4. The zero-order chi connectivity index (χ0) is 31.6. The van der Waals surface area contributed by atoms with Crippen LogP contribution in [0.15, 0.2) is 180 Å². The molecule has 0 saturated heterocycles. The Kier molecular flexibility index (Phi) is 5.91. The lowest BCUT2D eigenvalue weighted by atomic mass is 9.94. The highest BCUT2D eigenvalue weighted by Crippen LogP contribution is 2.50. The van der Waals surface area contributed by atoms with Gasteiger partial charge < -0.3 is 9.32 Å². The lowest BCUT2D eigenvalue weighted by Gasteiger charge is -2.28. The van der Waals surface area contributed by atoms with Gasteiger partial charge in [0.1, 0.15) is 11.2 Å². The summed E-state index contributed by atoms with van der Waals surface area (Å²) in [5.74, 6) is 0. The molecule has 2 nitrogen and oxygen atoms in total. The zero-order valence-corrected chi connectivity index (χ0v) is 26.1. The number of hydrogen-bond donors (Lipinski definition) is 0. The predicted molar refractivity (Wildman–Crippen MR) is 201 cm³/mol. The van der Waals surface area contributed by atoms with Gasteiger partial charge in [-0.25, -0.2) is 0 Å². The second kappa shape index (κ2) is 10.6. The van der Waals surface area contributed by atoms with E-state index in [0.29, 0.717) is 0 Å². The van der Waals surface area contributed by atoms with Crippen LogP contribution in [0.4, 0.5) is 17.1 Å². The topological polar surface area (TPSA) is 16.4 Å². The number of furan rings is 1. The van der Waals surface area contributed by atoms with Crippen molar-refractivity contribution >= 4 is 49.8 Å². The van der Waals surface area contributed by atoms with Gasteiger partial charge in [0.15, 0.2) is 0 Å². The Hall–Kier alpha value is -6.38. The molecule has 0 bridgehead atoms. The highest BCUT2D eigenvalue weighted by atomic mass is 16.3. The van der Waals surface area contributed by atoms with Gasteiger partial charge in [-0.05, 0) is 86.1 Å². The first-order valence-electron chi connectivity index (χ1n) is 16.4. The standard InChI is InChI=1S/C46H29NO/c1-2-12-30(13-3-1)34-14-6-8-20-41(34)47(42-21-11-23-44-46(42)40-17-7-9-22-43(40)48-44)32-26-24-31(25-27-32)33-28-29-39-36-16-5-4-15-35(36)38-19-10-18-37(33)45(38)39/h1-29H. The summed E-state index contributed by atoms with van der Waals surface area (Å²) in [7, 11) is 0. The average Bonchev–Trinajstić information content (AvgIpc) is 3.70. The fourth-order valence-electron chi connectivity index (χ4n) is 7.73. The average molecular weight is 612 g/mol. The summed E-state index contributed by atoms with van der Waals surface area (Å²) >= 11 is 0. The van der Waals surface area contributed by atoms with Crippen molar-refractivity contribution in [1.29, 1.82) is 0 Å². The highest BCUT2D eigenvalue weighted by molar-refractivity contribution is 6.19. The van der Waals surface area contributed by atoms with E-state index in [9.17, 15) is 0 Å². The van der Waals surface area contributed by atoms with Gasteiger partial charge in [0, 0.05) is 16.6 Å². The molecule has 0 saturated carbocycles. The van der Waals surface area contributed by atoms with Gasteiger partial charge in [-0.3, -0.25) is 0 Å². The summed E-state index contributed by atoms with van der Waals surface area (Å²) in [6, 6.07) is 63.1. The molecular weight excluding hydrogens is 583 g/mol. The molecule has 9 aromatic rings. The van der Waals surface area contributed by atoms with Gasteiger partial charge in [0.05, 0.1) is 16.8 Å². The van der Waals surface area contributed by atoms with Gasteiger partial charge in [-0.2, -0.15) is 0 Å². The largest absolute Gasteiger partial charge is 0.456 e. The minimum Gasteiger partial charge on any atom is -0.456 e. The Morgan fingerprint density at radius 3 is 1.71 bits per heavy atom. The molecule has 0 amide bonds. The maximum Gasteiger partial charge on any atom is 0.137 e. The third-order valence-electron chi connectivity index (χ3n) is 9.84. The fourth-order valence-corrected chi connectivity index (χ4v) is 7.73. The Morgan fingerprint density at radius 1 is 0.312 bits per heavy atom. The SMILES string of the molecule is c1ccc(-c2ccccc2N(c2ccc(-c3ccc4c5c(cccc35)-c3ccccc3-4)cc2)c2cccc3oc4ccccc4c23)cc1. The molecule has 0 atom stereocenters. The molecule has 1 heterocycles. The van der Waals surface area contributed by atoms with E-state index in [1.807, 2.05) is 12.1 Å². The van der Waals surface area contributed by atoms with Crippen LogP contribution >= 0.6 is 0 Å². The fraction of sp³-hybridized carbons (Fsp3) is 0. The molecule has 1 aromatic heterocycles. The van der Waals surface area contributed by atoms with Gasteiger partial charge in [-0.1, -0.05) is 140 Å². The van der Waals surface area contributed by atoms with E-state index in [1.54, 1.807) is 0 Å². The third-order valence-corrected chi connectivity index (χ3v) is 9.84. The molecular formula is C46H29NO. The molecule has 10 rings (SSSR count). The van der Waals surface area contributed by atoms with Crippen molar-refractivity contribution in [2.75, 3.05) is 4.90 Å². The number of hydrogen-bond acceptors (Lipinski definition) is 2.